The highest BCUT2D eigenvalue weighted by molar-refractivity contribution is 5.84. The van der Waals surface area contributed by atoms with Crippen molar-refractivity contribution in [3.8, 4) is 0 Å². The summed E-state index contributed by atoms with van der Waals surface area (Å²) >= 11 is 0. The van der Waals surface area contributed by atoms with E-state index in [4.69, 9.17) is 0 Å². The molecule has 0 unspecified atom stereocenters. The van der Waals surface area contributed by atoms with E-state index in [1.54, 1.807) is 18.2 Å². The topological polar surface area (TPSA) is 0 Å². The number of benzene rings is 2. The number of allylic oxidation sites excluding steroid dienone is 1. The molecule has 3 rings (SSSR count). The summed E-state index contributed by atoms with van der Waals surface area (Å²) in [6.45, 7) is 2.06. The quantitative estimate of drug-likeness (QED) is 0.698. The molecule has 22 heavy (non-hydrogen) atoms. The third-order valence-corrected chi connectivity index (χ3v) is 4.09. The van der Waals surface area contributed by atoms with Crippen molar-refractivity contribution in [2.24, 2.45) is 0 Å². The fourth-order valence-electron chi connectivity index (χ4n) is 2.96. The number of rotatable bonds is 3. The van der Waals surface area contributed by atoms with Crippen LogP contribution in [0.4, 0.5) is 13.2 Å². The summed E-state index contributed by atoms with van der Waals surface area (Å²) < 4.78 is 40.9. The first-order chi connectivity index (χ1) is 10.6. The second-order valence-corrected chi connectivity index (χ2v) is 5.70. The first-order valence-corrected chi connectivity index (χ1v) is 7.55. The van der Waals surface area contributed by atoms with E-state index < -0.39 is 11.6 Å². The second kappa shape index (κ2) is 5.99. The SMILES string of the molecule is CCCc1ccc(C2=Cc3cc(F)c(F)cc3CC2)c(F)c1. The van der Waals surface area contributed by atoms with Crippen LogP contribution in [0.1, 0.15) is 42.0 Å². The van der Waals surface area contributed by atoms with Gasteiger partial charge in [0, 0.05) is 5.56 Å². The molecule has 0 spiro atoms. The maximum Gasteiger partial charge on any atom is 0.159 e. The van der Waals surface area contributed by atoms with Crippen LogP contribution in [-0.4, -0.2) is 0 Å². The van der Waals surface area contributed by atoms with Gasteiger partial charge in [0.05, 0.1) is 0 Å². The smallest absolute Gasteiger partial charge is 0.159 e. The van der Waals surface area contributed by atoms with Crippen LogP contribution in [0.3, 0.4) is 0 Å². The zero-order valence-corrected chi connectivity index (χ0v) is 12.4. The molecule has 0 heterocycles. The van der Waals surface area contributed by atoms with Gasteiger partial charge < -0.3 is 0 Å². The summed E-state index contributed by atoms with van der Waals surface area (Å²) in [5, 5.41) is 0. The molecule has 3 heteroatoms. The number of fused-ring (bicyclic) bond motifs is 1. The second-order valence-electron chi connectivity index (χ2n) is 5.70. The Bertz CT molecular complexity index is 745. The minimum absolute atomic E-state index is 0.247. The molecule has 0 fully saturated rings. The summed E-state index contributed by atoms with van der Waals surface area (Å²) in [5.74, 6) is -1.94. The van der Waals surface area contributed by atoms with E-state index in [0.717, 1.165) is 29.5 Å². The standard InChI is InChI=1S/C19H17F3/c1-2-3-12-4-7-16(17(20)8-12)14-6-5-13-10-18(21)19(22)11-15(13)9-14/h4,7-11H,2-3,5-6H2,1H3. The average molecular weight is 302 g/mol. The van der Waals surface area contributed by atoms with Gasteiger partial charge in [-0.2, -0.15) is 0 Å². The molecule has 0 aromatic heterocycles. The fraction of sp³-hybridized carbons (Fsp3) is 0.263. The van der Waals surface area contributed by atoms with Crippen molar-refractivity contribution in [3.63, 3.8) is 0 Å². The molecular weight excluding hydrogens is 285 g/mol. The van der Waals surface area contributed by atoms with Crippen molar-refractivity contribution in [2.75, 3.05) is 0 Å². The summed E-state index contributed by atoms with van der Waals surface area (Å²) in [4.78, 5) is 0. The van der Waals surface area contributed by atoms with E-state index in [-0.39, 0.29) is 5.82 Å². The van der Waals surface area contributed by atoms with E-state index in [1.165, 1.54) is 12.1 Å². The van der Waals surface area contributed by atoms with Crippen molar-refractivity contribution in [2.45, 2.75) is 32.6 Å². The van der Waals surface area contributed by atoms with Crippen molar-refractivity contribution < 1.29 is 13.2 Å². The Balaban J connectivity index is 1.99. The third kappa shape index (κ3) is 2.80. The number of hydrogen-bond donors (Lipinski definition) is 0. The lowest BCUT2D eigenvalue weighted by molar-refractivity contribution is 0.506. The van der Waals surface area contributed by atoms with Gasteiger partial charge in [0.1, 0.15) is 5.82 Å². The molecule has 0 bridgehead atoms. The van der Waals surface area contributed by atoms with Gasteiger partial charge in [0.25, 0.3) is 0 Å². The molecular formula is C19H17F3. The summed E-state index contributed by atoms with van der Waals surface area (Å²) in [6.07, 6.45) is 4.80. The van der Waals surface area contributed by atoms with Crippen molar-refractivity contribution >= 4 is 11.6 Å². The lowest BCUT2D eigenvalue weighted by Gasteiger charge is -2.18. The van der Waals surface area contributed by atoms with Gasteiger partial charge in [-0.25, -0.2) is 13.2 Å². The number of aryl methyl sites for hydroxylation is 2. The Labute approximate surface area is 128 Å². The van der Waals surface area contributed by atoms with Crippen LogP contribution in [-0.2, 0) is 12.8 Å². The third-order valence-electron chi connectivity index (χ3n) is 4.09. The van der Waals surface area contributed by atoms with Gasteiger partial charge in [-0.1, -0.05) is 31.6 Å². The average Bonchev–Trinajstić information content (AvgIpc) is 2.49. The molecule has 0 radical (unpaired) electrons. The predicted octanol–water partition coefficient (Wildman–Crippen LogP) is 5.54. The van der Waals surface area contributed by atoms with Gasteiger partial charge in [-0.15, -0.1) is 0 Å². The highest BCUT2D eigenvalue weighted by Gasteiger charge is 2.17. The molecule has 0 amide bonds. The van der Waals surface area contributed by atoms with Crippen LogP contribution in [0.5, 0.6) is 0 Å². The molecule has 1 aliphatic carbocycles. The normalized spacial score (nSPS) is 13.7. The van der Waals surface area contributed by atoms with E-state index in [1.807, 2.05) is 6.07 Å². The first-order valence-electron chi connectivity index (χ1n) is 7.55. The Morgan fingerprint density at radius 2 is 1.68 bits per heavy atom. The van der Waals surface area contributed by atoms with Gasteiger partial charge in [0.2, 0.25) is 0 Å². The molecule has 0 saturated carbocycles. The van der Waals surface area contributed by atoms with Crippen molar-refractivity contribution in [3.05, 3.63) is 70.0 Å². The summed E-state index contributed by atoms with van der Waals surface area (Å²) in [6, 6.07) is 7.72. The largest absolute Gasteiger partial charge is 0.206 e. The van der Waals surface area contributed by atoms with Gasteiger partial charge >= 0.3 is 0 Å². The summed E-state index contributed by atoms with van der Waals surface area (Å²) in [7, 11) is 0. The summed E-state index contributed by atoms with van der Waals surface area (Å²) in [5.41, 5.74) is 3.77. The number of hydrogen-bond acceptors (Lipinski definition) is 0. The fourth-order valence-corrected chi connectivity index (χ4v) is 2.96. The molecule has 2 aromatic carbocycles. The first kappa shape index (κ1) is 14.9. The monoisotopic (exact) mass is 302 g/mol. The Kier molecular flexibility index (Phi) is 4.06. The van der Waals surface area contributed by atoms with Crippen LogP contribution in [0.15, 0.2) is 30.3 Å². The van der Waals surface area contributed by atoms with E-state index in [9.17, 15) is 13.2 Å². The zero-order chi connectivity index (χ0) is 15.7. The number of halogens is 3. The molecule has 114 valence electrons. The molecule has 0 nitrogen and oxygen atoms in total. The highest BCUT2D eigenvalue weighted by atomic mass is 19.2. The minimum atomic E-state index is -0.866. The van der Waals surface area contributed by atoms with Crippen molar-refractivity contribution in [1.29, 1.82) is 0 Å². The predicted molar refractivity (Wildman–Crippen MR) is 82.9 cm³/mol. The van der Waals surface area contributed by atoms with Crippen LogP contribution in [0.2, 0.25) is 0 Å². The minimum Gasteiger partial charge on any atom is -0.206 e. The lowest BCUT2D eigenvalue weighted by atomic mass is 9.88. The van der Waals surface area contributed by atoms with E-state index in [2.05, 4.69) is 6.92 Å². The van der Waals surface area contributed by atoms with Crippen LogP contribution >= 0.6 is 0 Å². The maximum absolute atomic E-state index is 14.3. The van der Waals surface area contributed by atoms with Gasteiger partial charge in [-0.05, 0) is 59.7 Å². The van der Waals surface area contributed by atoms with Gasteiger partial charge in [0.15, 0.2) is 11.6 Å². The maximum atomic E-state index is 14.3. The molecule has 0 aliphatic heterocycles. The van der Waals surface area contributed by atoms with Gasteiger partial charge in [-0.3, -0.25) is 0 Å². The lowest BCUT2D eigenvalue weighted by Crippen LogP contribution is -2.03. The van der Waals surface area contributed by atoms with Crippen molar-refractivity contribution in [1.82, 2.24) is 0 Å². The Morgan fingerprint density at radius 3 is 2.41 bits per heavy atom. The Hall–Kier alpha value is -2.03. The molecule has 2 aromatic rings. The Morgan fingerprint density at radius 1 is 0.909 bits per heavy atom. The molecule has 0 N–H and O–H groups in total. The highest BCUT2D eigenvalue weighted by Crippen LogP contribution is 2.33. The van der Waals surface area contributed by atoms with E-state index >= 15 is 0 Å². The van der Waals surface area contributed by atoms with Crippen LogP contribution in [0.25, 0.3) is 11.6 Å². The molecule has 0 saturated heterocycles. The zero-order valence-electron chi connectivity index (χ0n) is 12.4. The molecule has 1 aliphatic rings. The molecule has 0 atom stereocenters. The van der Waals surface area contributed by atoms with E-state index in [0.29, 0.717) is 24.0 Å². The van der Waals surface area contributed by atoms with Crippen LogP contribution in [0, 0.1) is 17.5 Å². The van der Waals surface area contributed by atoms with Crippen LogP contribution < -0.4 is 0 Å².